The maximum Gasteiger partial charge on any atom is 0.416 e. The summed E-state index contributed by atoms with van der Waals surface area (Å²) in [5.74, 6) is 0. The molecule has 0 aliphatic carbocycles. The first-order chi connectivity index (χ1) is 9.49. The molecule has 0 saturated heterocycles. The van der Waals surface area contributed by atoms with Gasteiger partial charge in [-0.25, -0.2) is 0 Å². The maximum absolute atomic E-state index is 12.7. The van der Waals surface area contributed by atoms with Crippen LogP contribution in [0.2, 0.25) is 0 Å². The zero-order valence-corrected chi connectivity index (χ0v) is 12.0. The first kappa shape index (κ1) is 17.0. The van der Waals surface area contributed by atoms with Gasteiger partial charge in [-0.05, 0) is 44.0 Å². The van der Waals surface area contributed by atoms with Gasteiger partial charge in [0.15, 0.2) is 0 Å². The van der Waals surface area contributed by atoms with E-state index in [1.165, 1.54) is 12.1 Å². The Morgan fingerprint density at radius 3 is 2.60 bits per heavy atom. The Bertz CT molecular complexity index is 393. The topological polar surface area (TPSA) is 21.3 Å². The molecule has 2 nitrogen and oxygen atoms in total. The Balaban J connectivity index is 2.75. The molecule has 20 heavy (non-hydrogen) atoms. The van der Waals surface area contributed by atoms with E-state index in [2.05, 4.69) is 5.32 Å². The van der Waals surface area contributed by atoms with Crippen molar-refractivity contribution in [2.75, 3.05) is 19.8 Å². The Labute approximate surface area is 118 Å². The smallest absolute Gasteiger partial charge is 0.382 e. The third-order valence-corrected chi connectivity index (χ3v) is 3.05. The number of hydrogen-bond donors (Lipinski definition) is 1. The molecule has 0 aliphatic rings. The maximum atomic E-state index is 12.7. The largest absolute Gasteiger partial charge is 0.416 e. The first-order valence-corrected chi connectivity index (χ1v) is 6.97. The van der Waals surface area contributed by atoms with Crippen LogP contribution in [0.1, 0.15) is 43.9 Å². The molecule has 1 N–H and O–H groups in total. The van der Waals surface area contributed by atoms with E-state index in [1.54, 1.807) is 6.07 Å². The van der Waals surface area contributed by atoms with E-state index in [-0.39, 0.29) is 6.04 Å². The normalized spacial score (nSPS) is 13.4. The van der Waals surface area contributed by atoms with E-state index in [0.717, 1.165) is 25.5 Å². The lowest BCUT2D eigenvalue weighted by Gasteiger charge is -2.19. The van der Waals surface area contributed by atoms with Crippen LogP contribution in [0.4, 0.5) is 13.2 Å². The van der Waals surface area contributed by atoms with Crippen LogP contribution in [-0.4, -0.2) is 19.8 Å². The van der Waals surface area contributed by atoms with Gasteiger partial charge in [0.25, 0.3) is 0 Å². The first-order valence-electron chi connectivity index (χ1n) is 6.97. The van der Waals surface area contributed by atoms with Crippen LogP contribution in [0.15, 0.2) is 24.3 Å². The molecule has 1 aromatic rings. The monoisotopic (exact) mass is 289 g/mol. The number of alkyl halides is 3. The molecule has 1 unspecified atom stereocenters. The number of hydrogen-bond acceptors (Lipinski definition) is 2. The van der Waals surface area contributed by atoms with Crippen LogP contribution in [0, 0.1) is 0 Å². The van der Waals surface area contributed by atoms with Crippen molar-refractivity contribution in [3.05, 3.63) is 35.4 Å². The van der Waals surface area contributed by atoms with Crippen LogP contribution in [-0.2, 0) is 10.9 Å². The molecule has 1 rings (SSSR count). The quantitative estimate of drug-likeness (QED) is 0.725. The highest BCUT2D eigenvalue weighted by molar-refractivity contribution is 5.28. The van der Waals surface area contributed by atoms with Crippen LogP contribution in [0.3, 0.4) is 0 Å². The highest BCUT2D eigenvalue weighted by atomic mass is 19.4. The van der Waals surface area contributed by atoms with Crippen molar-refractivity contribution in [1.82, 2.24) is 5.32 Å². The zero-order valence-electron chi connectivity index (χ0n) is 12.0. The van der Waals surface area contributed by atoms with Gasteiger partial charge in [0.1, 0.15) is 0 Å². The lowest BCUT2D eigenvalue weighted by molar-refractivity contribution is -0.137. The number of ether oxygens (including phenoxy) is 1. The standard InChI is InChI=1S/C15H22F3NO/c1-3-19-14(9-6-10-20-4-2)12-7-5-8-13(11-12)15(16,17)18/h5,7-8,11,14,19H,3-4,6,9-10H2,1-2H3. The van der Waals surface area contributed by atoms with E-state index >= 15 is 0 Å². The van der Waals surface area contributed by atoms with Gasteiger partial charge >= 0.3 is 6.18 Å². The molecular formula is C15H22F3NO. The molecule has 0 amide bonds. The Hall–Kier alpha value is -1.07. The van der Waals surface area contributed by atoms with Gasteiger partial charge in [-0.15, -0.1) is 0 Å². The fourth-order valence-corrected chi connectivity index (χ4v) is 2.10. The minimum absolute atomic E-state index is 0.0669. The second-order valence-electron chi connectivity index (χ2n) is 4.57. The second kappa shape index (κ2) is 8.27. The van der Waals surface area contributed by atoms with Gasteiger partial charge in [-0.3, -0.25) is 0 Å². The third kappa shape index (κ3) is 5.51. The van der Waals surface area contributed by atoms with E-state index in [0.29, 0.717) is 18.8 Å². The lowest BCUT2D eigenvalue weighted by Crippen LogP contribution is -2.22. The molecule has 114 valence electrons. The highest BCUT2D eigenvalue weighted by Gasteiger charge is 2.30. The van der Waals surface area contributed by atoms with Crippen LogP contribution < -0.4 is 5.32 Å². The predicted octanol–water partition coefficient (Wildman–Crippen LogP) is 4.17. The molecule has 0 spiro atoms. The average molecular weight is 289 g/mol. The molecular weight excluding hydrogens is 267 g/mol. The third-order valence-electron chi connectivity index (χ3n) is 3.05. The number of benzene rings is 1. The van der Waals surface area contributed by atoms with Crippen molar-refractivity contribution in [2.24, 2.45) is 0 Å². The van der Waals surface area contributed by atoms with Gasteiger partial charge in [0.05, 0.1) is 5.56 Å². The summed E-state index contributed by atoms with van der Waals surface area (Å²) in [6.07, 6.45) is -2.71. The van der Waals surface area contributed by atoms with Gasteiger partial charge in [0.2, 0.25) is 0 Å². The Kier molecular flexibility index (Phi) is 7.02. The second-order valence-corrected chi connectivity index (χ2v) is 4.57. The SMILES string of the molecule is CCNC(CCCOCC)c1cccc(C(F)(F)F)c1. The summed E-state index contributed by atoms with van der Waals surface area (Å²) in [5.41, 5.74) is 0.0842. The summed E-state index contributed by atoms with van der Waals surface area (Å²) >= 11 is 0. The molecule has 0 saturated carbocycles. The molecule has 0 fully saturated rings. The summed E-state index contributed by atoms with van der Waals surface area (Å²) in [5, 5.41) is 3.23. The average Bonchev–Trinajstić information content (AvgIpc) is 2.41. The molecule has 5 heteroatoms. The molecule has 1 aromatic carbocycles. The number of nitrogens with one attached hydrogen (secondary N) is 1. The summed E-state index contributed by atoms with van der Waals surface area (Å²) < 4.78 is 43.5. The number of rotatable bonds is 8. The molecule has 0 heterocycles. The lowest BCUT2D eigenvalue weighted by atomic mass is 9.99. The summed E-state index contributed by atoms with van der Waals surface area (Å²) in [6.45, 7) is 5.89. The highest BCUT2D eigenvalue weighted by Crippen LogP contribution is 2.31. The van der Waals surface area contributed by atoms with Crippen LogP contribution in [0.25, 0.3) is 0 Å². The summed E-state index contributed by atoms with van der Waals surface area (Å²) in [4.78, 5) is 0. The number of halogens is 3. The van der Waals surface area contributed by atoms with Crippen LogP contribution >= 0.6 is 0 Å². The predicted molar refractivity (Wildman–Crippen MR) is 73.6 cm³/mol. The molecule has 0 bridgehead atoms. The minimum atomic E-state index is -4.29. The van der Waals surface area contributed by atoms with E-state index in [9.17, 15) is 13.2 Å². The van der Waals surface area contributed by atoms with Gasteiger partial charge in [0, 0.05) is 19.3 Å². The van der Waals surface area contributed by atoms with E-state index in [1.807, 2.05) is 13.8 Å². The van der Waals surface area contributed by atoms with Crippen molar-refractivity contribution < 1.29 is 17.9 Å². The summed E-state index contributed by atoms with van der Waals surface area (Å²) in [7, 11) is 0. The summed E-state index contributed by atoms with van der Waals surface area (Å²) in [6, 6.07) is 5.47. The van der Waals surface area contributed by atoms with Crippen molar-refractivity contribution >= 4 is 0 Å². The van der Waals surface area contributed by atoms with Crippen molar-refractivity contribution in [3.63, 3.8) is 0 Å². The fraction of sp³-hybridized carbons (Fsp3) is 0.600. The zero-order chi connectivity index (χ0) is 15.0. The molecule has 0 aromatic heterocycles. The van der Waals surface area contributed by atoms with Gasteiger partial charge in [-0.2, -0.15) is 13.2 Å². The van der Waals surface area contributed by atoms with Crippen molar-refractivity contribution in [3.8, 4) is 0 Å². The van der Waals surface area contributed by atoms with Gasteiger partial charge < -0.3 is 10.1 Å². The van der Waals surface area contributed by atoms with Crippen molar-refractivity contribution in [2.45, 2.75) is 38.9 Å². The Morgan fingerprint density at radius 1 is 1.25 bits per heavy atom. The molecule has 0 radical (unpaired) electrons. The Morgan fingerprint density at radius 2 is 2.00 bits per heavy atom. The van der Waals surface area contributed by atoms with Gasteiger partial charge in [-0.1, -0.05) is 19.1 Å². The molecule has 1 atom stereocenters. The van der Waals surface area contributed by atoms with E-state index in [4.69, 9.17) is 4.74 Å². The molecule has 0 aliphatic heterocycles. The fourth-order valence-electron chi connectivity index (χ4n) is 2.10. The van der Waals surface area contributed by atoms with E-state index < -0.39 is 11.7 Å². The van der Waals surface area contributed by atoms with Crippen LogP contribution in [0.5, 0.6) is 0 Å². The van der Waals surface area contributed by atoms with Crippen molar-refractivity contribution in [1.29, 1.82) is 0 Å². The minimum Gasteiger partial charge on any atom is -0.382 e.